The summed E-state index contributed by atoms with van der Waals surface area (Å²) in [6, 6.07) is 35.5. The number of nitrogens with two attached hydrogens (primary N) is 2. The molecule has 2 nitrogen and oxygen atoms in total. The van der Waals surface area contributed by atoms with Crippen LogP contribution < -0.4 is 11.5 Å². The summed E-state index contributed by atoms with van der Waals surface area (Å²) in [6.07, 6.45) is 5.64. The summed E-state index contributed by atoms with van der Waals surface area (Å²) in [7, 11) is 0. The van der Waals surface area contributed by atoms with E-state index >= 15 is 0 Å². The molecule has 0 heterocycles. The van der Waals surface area contributed by atoms with Gasteiger partial charge in [0.05, 0.1) is 0 Å². The molecule has 0 amide bonds. The van der Waals surface area contributed by atoms with Crippen LogP contribution in [0.2, 0.25) is 0 Å². The predicted molar refractivity (Wildman–Crippen MR) is 160 cm³/mol. The van der Waals surface area contributed by atoms with Gasteiger partial charge in [0.2, 0.25) is 0 Å². The van der Waals surface area contributed by atoms with Crippen LogP contribution in [0.15, 0.2) is 97.1 Å². The monoisotopic (exact) mass is 490 g/mol. The number of anilines is 2. The van der Waals surface area contributed by atoms with Gasteiger partial charge in [0.25, 0.3) is 0 Å². The van der Waals surface area contributed by atoms with Gasteiger partial charge in [-0.2, -0.15) is 0 Å². The molecule has 0 aliphatic rings. The third-order valence-corrected chi connectivity index (χ3v) is 7.72. The first-order chi connectivity index (χ1) is 18.0. The highest BCUT2D eigenvalue weighted by Gasteiger charge is 2.18. The van der Waals surface area contributed by atoms with Gasteiger partial charge in [0.1, 0.15) is 0 Å². The van der Waals surface area contributed by atoms with Crippen LogP contribution in [0.5, 0.6) is 0 Å². The Morgan fingerprint density at radius 3 is 0.892 bits per heavy atom. The molecule has 192 valence electrons. The van der Waals surface area contributed by atoms with Crippen molar-refractivity contribution < 1.29 is 0 Å². The van der Waals surface area contributed by atoms with Crippen LogP contribution in [-0.2, 0) is 0 Å². The molecule has 2 atom stereocenters. The van der Waals surface area contributed by atoms with Crippen LogP contribution in [0.25, 0.3) is 0 Å². The van der Waals surface area contributed by atoms with Crippen molar-refractivity contribution in [3.63, 3.8) is 0 Å². The predicted octanol–water partition coefficient (Wildman–Crippen LogP) is 9.26. The first-order valence-corrected chi connectivity index (χ1v) is 13.9. The van der Waals surface area contributed by atoms with Gasteiger partial charge in [-0.05, 0) is 76.9 Å². The fourth-order valence-electron chi connectivity index (χ4n) is 5.67. The van der Waals surface area contributed by atoms with Gasteiger partial charge in [0.15, 0.2) is 0 Å². The highest BCUT2D eigenvalue weighted by atomic mass is 14.5. The van der Waals surface area contributed by atoms with Crippen molar-refractivity contribution in [2.75, 3.05) is 11.5 Å². The van der Waals surface area contributed by atoms with Crippen molar-refractivity contribution in [3.8, 4) is 0 Å². The molecule has 0 saturated carbocycles. The lowest BCUT2D eigenvalue weighted by Gasteiger charge is -2.22. The number of rotatable bonds is 11. The van der Waals surface area contributed by atoms with Gasteiger partial charge >= 0.3 is 0 Å². The molecule has 0 fully saturated rings. The molecule has 4 rings (SSSR count). The molecular weight excluding hydrogens is 448 g/mol. The van der Waals surface area contributed by atoms with Crippen LogP contribution in [-0.4, -0.2) is 0 Å². The highest BCUT2D eigenvalue weighted by Crippen LogP contribution is 2.35. The van der Waals surface area contributed by atoms with E-state index in [0.717, 1.165) is 43.5 Å². The molecule has 0 saturated heterocycles. The van der Waals surface area contributed by atoms with E-state index in [1.165, 1.54) is 33.4 Å². The smallest absolute Gasteiger partial charge is 0.0314 e. The fourth-order valence-corrected chi connectivity index (χ4v) is 5.67. The van der Waals surface area contributed by atoms with Gasteiger partial charge in [-0.1, -0.05) is 106 Å². The lowest BCUT2D eigenvalue weighted by molar-refractivity contribution is 0.695. The Morgan fingerprint density at radius 1 is 0.405 bits per heavy atom. The number of hydrogen-bond donors (Lipinski definition) is 2. The summed E-state index contributed by atoms with van der Waals surface area (Å²) >= 11 is 0. The van der Waals surface area contributed by atoms with Crippen LogP contribution in [0, 0.1) is 0 Å². The zero-order chi connectivity index (χ0) is 26.2. The second kappa shape index (κ2) is 12.6. The van der Waals surface area contributed by atoms with Crippen molar-refractivity contribution in [1.29, 1.82) is 0 Å². The molecule has 0 bridgehead atoms. The first-order valence-electron chi connectivity index (χ1n) is 13.9. The van der Waals surface area contributed by atoms with Gasteiger partial charge in [-0.25, -0.2) is 0 Å². The molecular formula is C35H42N2. The zero-order valence-corrected chi connectivity index (χ0v) is 22.7. The molecule has 4 aromatic carbocycles. The Balaban J connectivity index is 1.55. The maximum Gasteiger partial charge on any atom is 0.0314 e. The number of benzene rings is 4. The molecule has 0 aromatic heterocycles. The summed E-state index contributed by atoms with van der Waals surface area (Å²) in [5.74, 6) is 1.20. The summed E-state index contributed by atoms with van der Waals surface area (Å²) < 4.78 is 0. The van der Waals surface area contributed by atoms with E-state index in [1.54, 1.807) is 0 Å². The van der Waals surface area contributed by atoms with E-state index in [1.807, 2.05) is 24.3 Å². The van der Waals surface area contributed by atoms with E-state index < -0.39 is 0 Å². The topological polar surface area (TPSA) is 52.0 Å². The lowest BCUT2D eigenvalue weighted by atomic mass is 9.83. The van der Waals surface area contributed by atoms with Crippen LogP contribution in [0.4, 0.5) is 11.4 Å². The van der Waals surface area contributed by atoms with E-state index in [-0.39, 0.29) is 0 Å². The average Bonchev–Trinajstić information content (AvgIpc) is 2.93. The molecule has 2 unspecified atom stereocenters. The summed E-state index contributed by atoms with van der Waals surface area (Å²) in [5, 5.41) is 0. The van der Waals surface area contributed by atoms with Crippen molar-refractivity contribution >= 4 is 11.4 Å². The van der Waals surface area contributed by atoms with Crippen LogP contribution in [0.3, 0.4) is 0 Å². The first kappa shape index (κ1) is 26.5. The second-order valence-electron chi connectivity index (χ2n) is 10.3. The van der Waals surface area contributed by atoms with Crippen molar-refractivity contribution in [2.45, 2.75) is 70.6 Å². The Morgan fingerprint density at radius 2 is 0.649 bits per heavy atom. The maximum atomic E-state index is 5.93. The standard InChI is InChI=1S/C35H42N2/c1-4-7-34(29-17-21-31(36)22-18-29)27-13-9-25(10-14-27)33(6-3)26-11-15-28(16-12-26)35(8-5-2)30-19-23-32(37)24-20-30/h9-24,33-35H,4-8,36-37H2,1-3H3. The summed E-state index contributed by atoms with van der Waals surface area (Å²) in [4.78, 5) is 0. The van der Waals surface area contributed by atoms with Crippen LogP contribution in [0.1, 0.15) is 104 Å². The van der Waals surface area contributed by atoms with Crippen molar-refractivity contribution in [2.24, 2.45) is 0 Å². The molecule has 0 aliphatic carbocycles. The molecule has 0 radical (unpaired) electrons. The Bertz CT molecular complexity index is 1120. The van der Waals surface area contributed by atoms with E-state index in [0.29, 0.717) is 17.8 Å². The van der Waals surface area contributed by atoms with Crippen molar-refractivity contribution in [1.82, 2.24) is 0 Å². The SMILES string of the molecule is CCCC(c1ccc(N)cc1)c1ccc(C(CC)c2ccc(C(CCC)c3ccc(N)cc3)cc2)cc1. The maximum absolute atomic E-state index is 5.93. The molecule has 4 aromatic rings. The normalized spacial score (nSPS) is 13.7. The second-order valence-corrected chi connectivity index (χ2v) is 10.3. The molecule has 2 heteroatoms. The van der Waals surface area contributed by atoms with Gasteiger partial charge in [0, 0.05) is 29.1 Å². The van der Waals surface area contributed by atoms with E-state index in [2.05, 4.69) is 93.6 Å². The Hall–Kier alpha value is -3.52. The van der Waals surface area contributed by atoms with Crippen LogP contribution >= 0.6 is 0 Å². The average molecular weight is 491 g/mol. The minimum atomic E-state index is 0.394. The summed E-state index contributed by atoms with van der Waals surface area (Å²) in [5.41, 5.74) is 21.7. The highest BCUT2D eigenvalue weighted by molar-refractivity contribution is 5.45. The Labute approximate surface area is 223 Å². The summed E-state index contributed by atoms with van der Waals surface area (Å²) in [6.45, 7) is 6.80. The van der Waals surface area contributed by atoms with E-state index in [4.69, 9.17) is 11.5 Å². The fraction of sp³-hybridized carbons (Fsp3) is 0.314. The lowest BCUT2D eigenvalue weighted by Crippen LogP contribution is -2.05. The number of hydrogen-bond acceptors (Lipinski definition) is 2. The third-order valence-electron chi connectivity index (χ3n) is 7.72. The van der Waals surface area contributed by atoms with Gasteiger partial charge in [-0.3, -0.25) is 0 Å². The van der Waals surface area contributed by atoms with Gasteiger partial charge < -0.3 is 11.5 Å². The largest absolute Gasteiger partial charge is 0.399 e. The molecule has 4 N–H and O–H groups in total. The quantitative estimate of drug-likeness (QED) is 0.206. The van der Waals surface area contributed by atoms with Gasteiger partial charge in [-0.15, -0.1) is 0 Å². The molecule has 0 aliphatic heterocycles. The molecule has 37 heavy (non-hydrogen) atoms. The minimum absolute atomic E-state index is 0.394. The zero-order valence-electron chi connectivity index (χ0n) is 22.7. The number of nitrogen functional groups attached to an aromatic ring is 2. The Kier molecular flexibility index (Phi) is 9.06. The minimum Gasteiger partial charge on any atom is -0.399 e. The molecule has 0 spiro atoms. The third kappa shape index (κ3) is 6.43. The van der Waals surface area contributed by atoms with Crippen molar-refractivity contribution in [3.05, 3.63) is 130 Å². The van der Waals surface area contributed by atoms with E-state index in [9.17, 15) is 0 Å².